The van der Waals surface area contributed by atoms with E-state index in [2.05, 4.69) is 0 Å². The number of hydrogen-bond donors (Lipinski definition) is 0. The van der Waals surface area contributed by atoms with Crippen molar-refractivity contribution in [2.75, 3.05) is 24.7 Å². The summed E-state index contributed by atoms with van der Waals surface area (Å²) in [6, 6.07) is 5.41. The number of rotatable bonds is 9. The van der Waals surface area contributed by atoms with Gasteiger partial charge in [0.2, 0.25) is 0 Å². The number of sulfone groups is 1. The zero-order chi connectivity index (χ0) is 15.0. The van der Waals surface area contributed by atoms with Gasteiger partial charge in [-0.15, -0.1) is 11.6 Å². The Balaban J connectivity index is 2.67. The summed E-state index contributed by atoms with van der Waals surface area (Å²) in [5, 5.41) is 0. The highest BCUT2D eigenvalue weighted by molar-refractivity contribution is 7.91. The molecule has 0 aliphatic rings. The minimum absolute atomic E-state index is 0.0175. The van der Waals surface area contributed by atoms with Gasteiger partial charge in [-0.1, -0.05) is 13.0 Å². The molecule has 0 atom stereocenters. The van der Waals surface area contributed by atoms with Crippen molar-refractivity contribution in [1.82, 2.24) is 0 Å². The molecule has 0 saturated carbocycles. The molecule has 0 amide bonds. The minimum atomic E-state index is -3.03. The van der Waals surface area contributed by atoms with E-state index in [1.54, 1.807) is 6.07 Å². The summed E-state index contributed by atoms with van der Waals surface area (Å²) in [5.41, 5.74) is 0.932. The molecular weight excluding hydrogens is 300 g/mol. The van der Waals surface area contributed by atoms with E-state index in [-0.39, 0.29) is 18.1 Å². The summed E-state index contributed by atoms with van der Waals surface area (Å²) in [4.78, 5) is 0. The van der Waals surface area contributed by atoms with Crippen molar-refractivity contribution in [3.05, 3.63) is 23.8 Å². The predicted molar refractivity (Wildman–Crippen MR) is 81.6 cm³/mol. The lowest BCUT2D eigenvalue weighted by molar-refractivity contribution is 0.288. The van der Waals surface area contributed by atoms with E-state index in [0.29, 0.717) is 30.4 Å². The molecular formula is C14H21ClO4S. The second-order valence-electron chi connectivity index (χ2n) is 4.35. The quantitative estimate of drug-likeness (QED) is 0.656. The van der Waals surface area contributed by atoms with Gasteiger partial charge in [0, 0.05) is 5.88 Å². The Labute approximate surface area is 126 Å². The highest BCUT2D eigenvalue weighted by Gasteiger charge is 2.11. The fourth-order valence-electron chi connectivity index (χ4n) is 1.71. The number of halogens is 1. The Morgan fingerprint density at radius 3 is 2.45 bits per heavy atom. The summed E-state index contributed by atoms with van der Waals surface area (Å²) in [7, 11) is -3.03. The second-order valence-corrected chi connectivity index (χ2v) is 6.92. The van der Waals surface area contributed by atoms with Crippen LogP contribution in [0.4, 0.5) is 0 Å². The van der Waals surface area contributed by atoms with Crippen LogP contribution in [0.15, 0.2) is 18.2 Å². The fraction of sp³-hybridized carbons (Fsp3) is 0.571. The van der Waals surface area contributed by atoms with Gasteiger partial charge in [0.05, 0.1) is 18.1 Å². The number of hydrogen-bond acceptors (Lipinski definition) is 4. The van der Waals surface area contributed by atoms with Gasteiger partial charge >= 0.3 is 0 Å². The third-order valence-corrected chi connectivity index (χ3v) is 4.76. The first kappa shape index (κ1) is 17.1. The van der Waals surface area contributed by atoms with E-state index in [0.717, 1.165) is 5.56 Å². The van der Waals surface area contributed by atoms with Crippen LogP contribution >= 0.6 is 11.6 Å². The zero-order valence-corrected chi connectivity index (χ0v) is 13.5. The summed E-state index contributed by atoms with van der Waals surface area (Å²) >= 11 is 5.77. The van der Waals surface area contributed by atoms with Crippen molar-refractivity contribution < 1.29 is 17.9 Å². The van der Waals surface area contributed by atoms with E-state index in [1.165, 1.54) is 0 Å². The summed E-state index contributed by atoms with van der Waals surface area (Å²) < 4.78 is 34.2. The largest absolute Gasteiger partial charge is 0.490 e. The van der Waals surface area contributed by atoms with Crippen molar-refractivity contribution in [2.45, 2.75) is 26.1 Å². The van der Waals surface area contributed by atoms with Crippen LogP contribution in [0.25, 0.3) is 0 Å². The van der Waals surface area contributed by atoms with Gasteiger partial charge in [-0.3, -0.25) is 0 Å². The monoisotopic (exact) mass is 320 g/mol. The average molecular weight is 321 g/mol. The molecule has 0 aromatic heterocycles. The first-order valence-electron chi connectivity index (χ1n) is 6.67. The lowest BCUT2D eigenvalue weighted by Crippen LogP contribution is -2.17. The van der Waals surface area contributed by atoms with Gasteiger partial charge in [-0.25, -0.2) is 8.42 Å². The molecule has 1 aromatic rings. The molecule has 20 heavy (non-hydrogen) atoms. The Bertz CT molecular complexity index is 514. The SMILES string of the molecule is CCCS(=O)(=O)CCOc1ccc(CCl)cc1OCC. The molecule has 0 N–H and O–H groups in total. The van der Waals surface area contributed by atoms with Crippen molar-refractivity contribution >= 4 is 21.4 Å². The molecule has 0 saturated heterocycles. The molecule has 1 rings (SSSR count). The van der Waals surface area contributed by atoms with E-state index >= 15 is 0 Å². The van der Waals surface area contributed by atoms with Crippen LogP contribution in [-0.2, 0) is 15.7 Å². The van der Waals surface area contributed by atoms with Gasteiger partial charge in [0.15, 0.2) is 21.3 Å². The Hall–Kier alpha value is -0.940. The normalized spacial score (nSPS) is 11.3. The Morgan fingerprint density at radius 1 is 1.10 bits per heavy atom. The number of benzene rings is 1. The smallest absolute Gasteiger partial charge is 0.161 e. The molecule has 0 unspecified atom stereocenters. The molecule has 0 spiro atoms. The average Bonchev–Trinajstić information content (AvgIpc) is 2.40. The number of ether oxygens (including phenoxy) is 2. The van der Waals surface area contributed by atoms with E-state index in [9.17, 15) is 8.42 Å². The number of alkyl halides is 1. The molecule has 6 heteroatoms. The second kappa shape index (κ2) is 8.37. The predicted octanol–water partition coefficient (Wildman–Crippen LogP) is 3.03. The van der Waals surface area contributed by atoms with Crippen LogP contribution in [0.1, 0.15) is 25.8 Å². The lowest BCUT2D eigenvalue weighted by atomic mass is 10.2. The van der Waals surface area contributed by atoms with Gasteiger partial charge in [0.25, 0.3) is 0 Å². The fourth-order valence-corrected chi connectivity index (χ4v) is 3.04. The minimum Gasteiger partial charge on any atom is -0.490 e. The first-order valence-corrected chi connectivity index (χ1v) is 9.03. The maximum Gasteiger partial charge on any atom is 0.161 e. The molecule has 0 aliphatic heterocycles. The maximum absolute atomic E-state index is 11.6. The van der Waals surface area contributed by atoms with Crippen LogP contribution < -0.4 is 9.47 Å². The van der Waals surface area contributed by atoms with Crippen molar-refractivity contribution in [1.29, 1.82) is 0 Å². The third kappa shape index (κ3) is 5.59. The van der Waals surface area contributed by atoms with Crippen LogP contribution in [0.2, 0.25) is 0 Å². The van der Waals surface area contributed by atoms with Gasteiger partial charge in [-0.2, -0.15) is 0 Å². The molecule has 0 radical (unpaired) electrons. The summed E-state index contributed by atoms with van der Waals surface area (Å²) in [6.45, 7) is 4.36. The topological polar surface area (TPSA) is 52.6 Å². The molecule has 114 valence electrons. The van der Waals surface area contributed by atoms with Crippen LogP contribution in [0, 0.1) is 0 Å². The highest BCUT2D eigenvalue weighted by Crippen LogP contribution is 2.29. The molecule has 0 bridgehead atoms. The summed E-state index contributed by atoms with van der Waals surface area (Å²) in [6.07, 6.45) is 0.622. The Kier molecular flexibility index (Phi) is 7.16. The van der Waals surface area contributed by atoms with Gasteiger partial charge in [0.1, 0.15) is 6.61 Å². The van der Waals surface area contributed by atoms with Crippen LogP contribution in [-0.4, -0.2) is 33.1 Å². The molecule has 1 aromatic carbocycles. The van der Waals surface area contributed by atoms with E-state index in [1.807, 2.05) is 26.0 Å². The van der Waals surface area contributed by atoms with Crippen LogP contribution in [0.3, 0.4) is 0 Å². The molecule has 4 nitrogen and oxygen atoms in total. The highest BCUT2D eigenvalue weighted by atomic mass is 35.5. The van der Waals surface area contributed by atoms with Gasteiger partial charge < -0.3 is 9.47 Å². The van der Waals surface area contributed by atoms with Gasteiger partial charge in [-0.05, 0) is 31.0 Å². The third-order valence-electron chi connectivity index (χ3n) is 2.63. The molecule has 0 heterocycles. The zero-order valence-electron chi connectivity index (χ0n) is 11.9. The maximum atomic E-state index is 11.6. The van der Waals surface area contributed by atoms with E-state index < -0.39 is 9.84 Å². The summed E-state index contributed by atoms with van der Waals surface area (Å²) in [5.74, 6) is 1.75. The van der Waals surface area contributed by atoms with Crippen molar-refractivity contribution in [2.24, 2.45) is 0 Å². The standard InChI is InChI=1S/C14H21ClO4S/c1-3-8-20(16,17)9-7-19-13-6-5-12(11-15)10-14(13)18-4-2/h5-6,10H,3-4,7-9,11H2,1-2H3. The van der Waals surface area contributed by atoms with Crippen molar-refractivity contribution in [3.63, 3.8) is 0 Å². The van der Waals surface area contributed by atoms with Crippen molar-refractivity contribution in [3.8, 4) is 11.5 Å². The lowest BCUT2D eigenvalue weighted by Gasteiger charge is -2.13. The first-order chi connectivity index (χ1) is 9.52. The van der Waals surface area contributed by atoms with Crippen LogP contribution in [0.5, 0.6) is 11.5 Å². The van der Waals surface area contributed by atoms with E-state index in [4.69, 9.17) is 21.1 Å². The Morgan fingerprint density at radius 2 is 1.85 bits per heavy atom. The molecule has 0 aliphatic carbocycles. The molecule has 0 fully saturated rings.